The summed E-state index contributed by atoms with van der Waals surface area (Å²) in [7, 11) is 4.19. The van der Waals surface area contributed by atoms with E-state index >= 15 is 0 Å². The van der Waals surface area contributed by atoms with Crippen molar-refractivity contribution in [3.8, 4) is 0 Å². The van der Waals surface area contributed by atoms with Crippen LogP contribution in [0.25, 0.3) is 0 Å². The minimum Gasteiger partial charge on any atom is -0.378 e. The van der Waals surface area contributed by atoms with Gasteiger partial charge in [0.1, 0.15) is 0 Å². The van der Waals surface area contributed by atoms with Crippen LogP contribution < -0.4 is 9.80 Å². The maximum atomic E-state index is 2.50. The first kappa shape index (κ1) is 10.3. The van der Waals surface area contributed by atoms with Gasteiger partial charge < -0.3 is 9.80 Å². The van der Waals surface area contributed by atoms with E-state index in [1.54, 1.807) is 0 Å². The highest BCUT2D eigenvalue weighted by Crippen LogP contribution is 2.28. The van der Waals surface area contributed by atoms with E-state index in [0.717, 1.165) is 0 Å². The molecular formula is C13H20N2. The zero-order valence-corrected chi connectivity index (χ0v) is 9.95. The molecule has 0 aliphatic carbocycles. The molecule has 2 rings (SSSR count). The summed E-state index contributed by atoms with van der Waals surface area (Å²) < 4.78 is 0. The zero-order valence-electron chi connectivity index (χ0n) is 9.95. The predicted octanol–water partition coefficient (Wildman–Crippen LogP) is 2.66. The van der Waals surface area contributed by atoms with Crippen molar-refractivity contribution in [1.82, 2.24) is 0 Å². The Kier molecular flexibility index (Phi) is 2.85. The number of nitrogens with zero attached hydrogens (tertiary/aromatic N) is 2. The van der Waals surface area contributed by atoms with Crippen molar-refractivity contribution in [2.75, 3.05) is 37.0 Å². The van der Waals surface area contributed by atoms with Crippen molar-refractivity contribution in [3.63, 3.8) is 0 Å². The molecule has 82 valence electrons. The van der Waals surface area contributed by atoms with Crippen LogP contribution in [-0.2, 0) is 0 Å². The summed E-state index contributed by atoms with van der Waals surface area (Å²) in [5.41, 5.74) is 4.10. The molecule has 0 saturated carbocycles. The van der Waals surface area contributed by atoms with Crippen LogP contribution in [0.4, 0.5) is 11.4 Å². The summed E-state index contributed by atoms with van der Waals surface area (Å²) >= 11 is 0. The van der Waals surface area contributed by atoms with Gasteiger partial charge in [0.15, 0.2) is 0 Å². The topological polar surface area (TPSA) is 6.48 Å². The van der Waals surface area contributed by atoms with Gasteiger partial charge in [-0.2, -0.15) is 0 Å². The maximum absolute atomic E-state index is 2.50. The number of aryl methyl sites for hydroxylation is 1. The second-order valence-electron chi connectivity index (χ2n) is 4.56. The fourth-order valence-electron chi connectivity index (χ4n) is 2.17. The van der Waals surface area contributed by atoms with E-state index in [-0.39, 0.29) is 0 Å². The van der Waals surface area contributed by atoms with Crippen molar-refractivity contribution in [1.29, 1.82) is 0 Å². The Morgan fingerprint density at radius 3 is 2.40 bits per heavy atom. The van der Waals surface area contributed by atoms with Gasteiger partial charge in [-0.15, -0.1) is 0 Å². The third kappa shape index (κ3) is 2.09. The predicted molar refractivity (Wildman–Crippen MR) is 67.0 cm³/mol. The molecule has 0 unspecified atom stereocenters. The molecule has 0 radical (unpaired) electrons. The van der Waals surface area contributed by atoms with Crippen molar-refractivity contribution < 1.29 is 0 Å². The van der Waals surface area contributed by atoms with E-state index in [1.165, 1.54) is 42.9 Å². The number of hydrogen-bond acceptors (Lipinski definition) is 2. The largest absolute Gasteiger partial charge is 0.378 e. The number of benzene rings is 1. The first-order chi connectivity index (χ1) is 7.18. The van der Waals surface area contributed by atoms with Gasteiger partial charge in [-0.25, -0.2) is 0 Å². The lowest BCUT2D eigenvalue weighted by molar-refractivity contribution is 0.949. The average molecular weight is 204 g/mol. The fraction of sp³-hybridized carbons (Fsp3) is 0.538. The molecule has 1 aromatic carbocycles. The number of anilines is 2. The standard InChI is InChI=1S/C13H20N2/c1-11-6-7-12(14(2)3)10-13(11)15-8-4-5-9-15/h6-7,10H,4-5,8-9H2,1-3H3. The summed E-state index contributed by atoms with van der Waals surface area (Å²) in [6, 6.07) is 6.72. The Labute approximate surface area is 92.5 Å². The lowest BCUT2D eigenvalue weighted by Gasteiger charge is -2.23. The SMILES string of the molecule is Cc1ccc(N(C)C)cc1N1CCCC1. The van der Waals surface area contributed by atoms with Crippen LogP contribution in [-0.4, -0.2) is 27.2 Å². The van der Waals surface area contributed by atoms with Gasteiger partial charge in [0.25, 0.3) is 0 Å². The van der Waals surface area contributed by atoms with Gasteiger partial charge in [0, 0.05) is 38.6 Å². The molecule has 1 fully saturated rings. The minimum atomic E-state index is 1.22. The molecule has 0 aromatic heterocycles. The number of hydrogen-bond donors (Lipinski definition) is 0. The van der Waals surface area contributed by atoms with Crippen LogP contribution in [0.2, 0.25) is 0 Å². The Hall–Kier alpha value is -1.18. The lowest BCUT2D eigenvalue weighted by Crippen LogP contribution is -2.19. The summed E-state index contributed by atoms with van der Waals surface area (Å²) in [6.45, 7) is 4.64. The molecule has 0 bridgehead atoms. The van der Waals surface area contributed by atoms with Gasteiger partial charge in [0.05, 0.1) is 0 Å². The molecule has 1 aliphatic heterocycles. The highest BCUT2D eigenvalue weighted by atomic mass is 15.1. The van der Waals surface area contributed by atoms with Crippen LogP contribution in [0.1, 0.15) is 18.4 Å². The van der Waals surface area contributed by atoms with E-state index in [4.69, 9.17) is 0 Å². The zero-order chi connectivity index (χ0) is 10.8. The van der Waals surface area contributed by atoms with Gasteiger partial charge in [0.2, 0.25) is 0 Å². The molecule has 1 aliphatic rings. The molecule has 2 heteroatoms. The number of rotatable bonds is 2. The molecule has 2 nitrogen and oxygen atoms in total. The second-order valence-corrected chi connectivity index (χ2v) is 4.56. The smallest absolute Gasteiger partial charge is 0.0416 e. The first-order valence-electron chi connectivity index (χ1n) is 5.71. The highest BCUT2D eigenvalue weighted by molar-refractivity contribution is 5.63. The van der Waals surface area contributed by atoms with E-state index < -0.39 is 0 Å². The van der Waals surface area contributed by atoms with Crippen LogP contribution in [0.5, 0.6) is 0 Å². The van der Waals surface area contributed by atoms with Crippen molar-refractivity contribution >= 4 is 11.4 Å². The minimum absolute atomic E-state index is 1.22. The van der Waals surface area contributed by atoms with Gasteiger partial charge in [-0.3, -0.25) is 0 Å². The first-order valence-corrected chi connectivity index (χ1v) is 5.71. The molecule has 0 spiro atoms. The molecule has 0 atom stereocenters. The van der Waals surface area contributed by atoms with Crippen molar-refractivity contribution in [3.05, 3.63) is 23.8 Å². The normalized spacial score (nSPS) is 15.8. The molecule has 15 heavy (non-hydrogen) atoms. The summed E-state index contributed by atoms with van der Waals surface area (Å²) in [4.78, 5) is 4.67. The summed E-state index contributed by atoms with van der Waals surface area (Å²) in [5.74, 6) is 0. The molecule has 1 heterocycles. The van der Waals surface area contributed by atoms with Crippen LogP contribution >= 0.6 is 0 Å². The van der Waals surface area contributed by atoms with E-state index in [9.17, 15) is 0 Å². The third-order valence-electron chi connectivity index (χ3n) is 3.16. The van der Waals surface area contributed by atoms with Gasteiger partial charge >= 0.3 is 0 Å². The van der Waals surface area contributed by atoms with Crippen LogP contribution in [0, 0.1) is 6.92 Å². The van der Waals surface area contributed by atoms with E-state index in [1.807, 2.05) is 0 Å². The molecular weight excluding hydrogens is 184 g/mol. The van der Waals surface area contributed by atoms with Crippen molar-refractivity contribution in [2.24, 2.45) is 0 Å². The molecule has 1 saturated heterocycles. The molecule has 0 amide bonds. The fourth-order valence-corrected chi connectivity index (χ4v) is 2.17. The average Bonchev–Trinajstić information content (AvgIpc) is 2.71. The van der Waals surface area contributed by atoms with Crippen LogP contribution in [0.15, 0.2) is 18.2 Å². The quantitative estimate of drug-likeness (QED) is 0.730. The summed E-state index contributed by atoms with van der Waals surface area (Å²) in [6.07, 6.45) is 2.68. The Morgan fingerprint density at radius 2 is 1.80 bits per heavy atom. The second kappa shape index (κ2) is 4.13. The molecule has 1 aromatic rings. The monoisotopic (exact) mass is 204 g/mol. The van der Waals surface area contributed by atoms with E-state index in [2.05, 4.69) is 49.0 Å². The highest BCUT2D eigenvalue weighted by Gasteiger charge is 2.14. The van der Waals surface area contributed by atoms with Crippen LogP contribution in [0.3, 0.4) is 0 Å². The van der Waals surface area contributed by atoms with Gasteiger partial charge in [-0.05, 0) is 37.5 Å². The lowest BCUT2D eigenvalue weighted by atomic mass is 10.1. The van der Waals surface area contributed by atoms with E-state index in [0.29, 0.717) is 0 Å². The Morgan fingerprint density at radius 1 is 1.13 bits per heavy atom. The van der Waals surface area contributed by atoms with Gasteiger partial charge in [-0.1, -0.05) is 6.07 Å². The third-order valence-corrected chi connectivity index (χ3v) is 3.16. The maximum Gasteiger partial charge on any atom is 0.0416 e. The Balaban J connectivity index is 2.31. The Bertz CT molecular complexity index is 338. The molecule has 0 N–H and O–H groups in total. The summed E-state index contributed by atoms with van der Waals surface area (Å²) in [5, 5.41) is 0. The van der Waals surface area contributed by atoms with Crippen molar-refractivity contribution in [2.45, 2.75) is 19.8 Å².